The number of amides is 2. The van der Waals surface area contributed by atoms with Crippen molar-refractivity contribution in [2.45, 2.75) is 122 Å². The van der Waals surface area contributed by atoms with Crippen LogP contribution in [0, 0.1) is 5.92 Å². The first-order chi connectivity index (χ1) is 20.0. The summed E-state index contributed by atoms with van der Waals surface area (Å²) in [6.45, 7) is 11.7. The van der Waals surface area contributed by atoms with Crippen LogP contribution >= 0.6 is 0 Å². The molecule has 236 valence electrons. The molecule has 9 heteroatoms. The Kier molecular flexibility index (Phi) is 15.9. The number of nitrogens with two attached hydrogens (primary N) is 1. The summed E-state index contributed by atoms with van der Waals surface area (Å²) in [4.78, 5) is 39.5. The summed E-state index contributed by atoms with van der Waals surface area (Å²) in [6.07, 6.45) is 13.3. The van der Waals surface area contributed by atoms with Gasteiger partial charge in [-0.15, -0.1) is 0 Å². The van der Waals surface area contributed by atoms with Gasteiger partial charge < -0.3 is 24.8 Å². The number of primary amides is 1. The number of unbranched alkanes of at least 4 members (excludes halogenated alkanes) is 5. The number of carbonyl (C=O) groups excluding carboxylic acids is 3. The SMILES string of the molecule is CCCCCC[C@H](CCCCC[C@@H](C)C(N)=O)OC(=O)[C@@H]1CC=CN1C(=O)c1cccc(OCOCC[Si](C)(C)C)c1. The van der Waals surface area contributed by atoms with Gasteiger partial charge in [0.15, 0.2) is 6.79 Å². The molecule has 0 aromatic heterocycles. The minimum Gasteiger partial charge on any atom is -0.468 e. The van der Waals surface area contributed by atoms with Gasteiger partial charge in [0.25, 0.3) is 5.91 Å². The Balaban J connectivity index is 1.93. The van der Waals surface area contributed by atoms with Crippen LogP contribution in [0.2, 0.25) is 25.7 Å². The normalized spacial score (nSPS) is 16.3. The van der Waals surface area contributed by atoms with Crippen molar-refractivity contribution < 1.29 is 28.6 Å². The van der Waals surface area contributed by atoms with Gasteiger partial charge in [-0.3, -0.25) is 9.59 Å². The van der Waals surface area contributed by atoms with Crippen molar-refractivity contribution in [3.63, 3.8) is 0 Å². The molecule has 0 bridgehead atoms. The molecule has 1 aliphatic heterocycles. The molecule has 1 heterocycles. The number of rotatable bonds is 21. The lowest BCUT2D eigenvalue weighted by atomic mass is 9.99. The minimum atomic E-state index is -1.17. The molecule has 3 atom stereocenters. The van der Waals surface area contributed by atoms with Crippen LogP contribution in [0.5, 0.6) is 5.75 Å². The zero-order chi connectivity index (χ0) is 31.0. The number of carbonyl (C=O) groups is 3. The quantitative estimate of drug-likeness (QED) is 0.0698. The third-order valence-corrected chi connectivity index (χ3v) is 9.37. The Morgan fingerprint density at radius 1 is 1.02 bits per heavy atom. The maximum Gasteiger partial charge on any atom is 0.329 e. The van der Waals surface area contributed by atoms with E-state index in [0.717, 1.165) is 70.3 Å². The largest absolute Gasteiger partial charge is 0.468 e. The minimum absolute atomic E-state index is 0.119. The summed E-state index contributed by atoms with van der Waals surface area (Å²) >= 11 is 0. The van der Waals surface area contributed by atoms with Crippen LogP contribution in [0.4, 0.5) is 0 Å². The predicted molar refractivity (Wildman–Crippen MR) is 170 cm³/mol. The number of esters is 1. The fourth-order valence-corrected chi connectivity index (χ4v) is 5.56. The second-order valence-electron chi connectivity index (χ2n) is 12.7. The Morgan fingerprint density at radius 2 is 1.71 bits per heavy atom. The second kappa shape index (κ2) is 18.8. The van der Waals surface area contributed by atoms with Crippen LogP contribution < -0.4 is 10.5 Å². The zero-order valence-electron chi connectivity index (χ0n) is 26.6. The highest BCUT2D eigenvalue weighted by Gasteiger charge is 2.34. The van der Waals surface area contributed by atoms with E-state index in [2.05, 4.69) is 26.6 Å². The van der Waals surface area contributed by atoms with Crippen molar-refractivity contribution >= 4 is 25.9 Å². The van der Waals surface area contributed by atoms with Crippen molar-refractivity contribution in [1.82, 2.24) is 4.90 Å². The molecule has 0 saturated heterocycles. The van der Waals surface area contributed by atoms with Crippen molar-refractivity contribution in [2.24, 2.45) is 11.7 Å². The molecule has 1 aromatic rings. The van der Waals surface area contributed by atoms with Crippen LogP contribution in [0.15, 0.2) is 36.5 Å². The van der Waals surface area contributed by atoms with E-state index in [0.29, 0.717) is 24.3 Å². The van der Waals surface area contributed by atoms with E-state index in [1.54, 1.807) is 30.5 Å². The van der Waals surface area contributed by atoms with Gasteiger partial charge in [-0.2, -0.15) is 0 Å². The van der Waals surface area contributed by atoms with Gasteiger partial charge in [-0.25, -0.2) is 4.79 Å². The molecule has 1 aromatic carbocycles. The van der Waals surface area contributed by atoms with Gasteiger partial charge >= 0.3 is 5.97 Å². The third kappa shape index (κ3) is 13.5. The fraction of sp³-hybridized carbons (Fsp3) is 0.667. The molecule has 8 nitrogen and oxygen atoms in total. The Morgan fingerprint density at radius 3 is 2.38 bits per heavy atom. The molecule has 2 N–H and O–H groups in total. The maximum absolute atomic E-state index is 13.4. The highest BCUT2D eigenvalue weighted by atomic mass is 28.3. The summed E-state index contributed by atoms with van der Waals surface area (Å²) in [5.41, 5.74) is 5.82. The Bertz CT molecular complexity index is 1010. The molecule has 0 saturated carbocycles. The third-order valence-electron chi connectivity index (χ3n) is 7.67. The summed E-state index contributed by atoms with van der Waals surface area (Å²) in [5.74, 6) is -0.457. The topological polar surface area (TPSA) is 108 Å². The van der Waals surface area contributed by atoms with Gasteiger partial charge in [0.1, 0.15) is 17.9 Å². The summed E-state index contributed by atoms with van der Waals surface area (Å²) < 4.78 is 17.4. The average molecular weight is 603 g/mol. The smallest absolute Gasteiger partial charge is 0.329 e. The molecular formula is C33H54N2O6Si. The predicted octanol–water partition coefficient (Wildman–Crippen LogP) is 7.06. The van der Waals surface area contributed by atoms with E-state index < -0.39 is 14.1 Å². The lowest BCUT2D eigenvalue weighted by Gasteiger charge is -2.26. The Hall–Kier alpha value is -2.65. The van der Waals surface area contributed by atoms with Crippen molar-refractivity contribution in [3.8, 4) is 5.75 Å². The molecule has 0 unspecified atom stereocenters. The first-order valence-electron chi connectivity index (χ1n) is 15.8. The van der Waals surface area contributed by atoms with Crippen LogP contribution in [-0.2, 0) is 19.1 Å². The molecule has 2 rings (SSSR count). The molecule has 2 amide bonds. The number of nitrogens with zero attached hydrogens (tertiary/aromatic N) is 1. The van der Waals surface area contributed by atoms with E-state index in [1.165, 1.54) is 4.90 Å². The highest BCUT2D eigenvalue weighted by molar-refractivity contribution is 6.76. The standard InChI is InChI=1S/C33H54N2O6Si/c1-6-7-8-11-17-28(18-12-9-10-15-26(2)31(34)36)41-33(38)30-20-14-21-35(30)32(37)27-16-13-19-29(24-27)40-25-39-22-23-42(3,4)5/h13-14,16,19,21,24,26,28,30H,6-12,15,17-18,20,22-23,25H2,1-5H3,(H2,34,36)/t26-,28-,30+/m1/s1. The van der Waals surface area contributed by atoms with Gasteiger partial charge in [0.05, 0.1) is 0 Å². The molecule has 42 heavy (non-hydrogen) atoms. The average Bonchev–Trinajstić information content (AvgIpc) is 3.44. The van der Waals surface area contributed by atoms with Crippen LogP contribution in [0.1, 0.15) is 94.8 Å². The lowest BCUT2D eigenvalue weighted by molar-refractivity contribution is -0.154. The fourth-order valence-electron chi connectivity index (χ4n) is 4.80. The molecule has 0 aliphatic carbocycles. The molecular weight excluding hydrogens is 548 g/mol. The van der Waals surface area contributed by atoms with Gasteiger partial charge in [-0.05, 0) is 62.8 Å². The van der Waals surface area contributed by atoms with Crippen LogP contribution in [-0.4, -0.2) is 56.3 Å². The monoisotopic (exact) mass is 602 g/mol. The van der Waals surface area contributed by atoms with E-state index in [9.17, 15) is 14.4 Å². The summed E-state index contributed by atoms with van der Waals surface area (Å²) in [6, 6.07) is 7.36. The number of ether oxygens (including phenoxy) is 3. The maximum atomic E-state index is 13.4. The molecule has 0 radical (unpaired) electrons. The van der Waals surface area contributed by atoms with E-state index >= 15 is 0 Å². The lowest BCUT2D eigenvalue weighted by Crippen LogP contribution is -2.41. The summed E-state index contributed by atoms with van der Waals surface area (Å²) in [7, 11) is -1.17. The number of benzene rings is 1. The number of hydrogen-bond acceptors (Lipinski definition) is 6. The molecule has 1 aliphatic rings. The van der Waals surface area contributed by atoms with E-state index in [-0.39, 0.29) is 36.6 Å². The van der Waals surface area contributed by atoms with Gasteiger partial charge in [0, 0.05) is 32.4 Å². The van der Waals surface area contributed by atoms with Crippen molar-refractivity contribution in [1.29, 1.82) is 0 Å². The first-order valence-corrected chi connectivity index (χ1v) is 19.5. The van der Waals surface area contributed by atoms with Gasteiger partial charge in [0.2, 0.25) is 5.91 Å². The van der Waals surface area contributed by atoms with Crippen LogP contribution in [0.3, 0.4) is 0 Å². The molecule has 0 spiro atoms. The number of hydrogen-bond donors (Lipinski definition) is 1. The van der Waals surface area contributed by atoms with Crippen molar-refractivity contribution in [3.05, 3.63) is 42.1 Å². The highest BCUT2D eigenvalue weighted by Crippen LogP contribution is 2.24. The van der Waals surface area contributed by atoms with Gasteiger partial charge in [-0.1, -0.05) is 77.7 Å². The Labute approximate surface area is 254 Å². The first kappa shape index (κ1) is 35.5. The zero-order valence-corrected chi connectivity index (χ0v) is 27.6. The van der Waals surface area contributed by atoms with Crippen LogP contribution in [0.25, 0.3) is 0 Å². The van der Waals surface area contributed by atoms with E-state index in [1.807, 2.05) is 13.0 Å². The summed E-state index contributed by atoms with van der Waals surface area (Å²) in [5, 5.41) is 0. The second-order valence-corrected chi connectivity index (χ2v) is 18.3. The molecule has 0 fully saturated rings. The van der Waals surface area contributed by atoms with Crippen molar-refractivity contribution in [2.75, 3.05) is 13.4 Å². The van der Waals surface area contributed by atoms with E-state index in [4.69, 9.17) is 19.9 Å².